The molecule has 0 saturated heterocycles. The highest BCUT2D eigenvalue weighted by Crippen LogP contribution is 2.09. The summed E-state index contributed by atoms with van der Waals surface area (Å²) in [6.07, 6.45) is 3.34. The van der Waals surface area contributed by atoms with Crippen molar-refractivity contribution in [1.82, 2.24) is 19.7 Å². The quantitative estimate of drug-likeness (QED) is 0.772. The molecule has 0 aliphatic heterocycles. The van der Waals surface area contributed by atoms with Crippen LogP contribution in [0.4, 0.5) is 0 Å². The number of ketones is 1. The molecule has 94 valence electrons. The third-order valence-electron chi connectivity index (χ3n) is 2.69. The zero-order valence-corrected chi connectivity index (χ0v) is 10.8. The van der Waals surface area contributed by atoms with E-state index in [1.165, 1.54) is 6.33 Å². The van der Waals surface area contributed by atoms with Gasteiger partial charge < -0.3 is 0 Å². The lowest BCUT2D eigenvalue weighted by Gasteiger charge is -2.08. The average molecular weight is 244 g/mol. The standard InChI is InChI=1S/C13H16N4O/c1-9(2)17-13(15-8-16-17)6-12(18)11-5-4-10(3)14-7-11/h4-5,7-9H,6H2,1-3H3. The number of Topliss-reactive ketones (excluding diaryl/α,β-unsaturated/α-hetero) is 1. The second-order valence-corrected chi connectivity index (χ2v) is 4.50. The Balaban J connectivity index is 2.16. The van der Waals surface area contributed by atoms with Gasteiger partial charge in [0.25, 0.3) is 0 Å². The zero-order chi connectivity index (χ0) is 13.1. The van der Waals surface area contributed by atoms with Crippen molar-refractivity contribution < 1.29 is 4.79 Å². The van der Waals surface area contributed by atoms with E-state index in [0.717, 1.165) is 5.69 Å². The maximum atomic E-state index is 12.1. The smallest absolute Gasteiger partial charge is 0.171 e. The van der Waals surface area contributed by atoms with Crippen molar-refractivity contribution in [2.75, 3.05) is 0 Å². The molecule has 0 atom stereocenters. The number of carbonyl (C=O) groups excluding carboxylic acids is 1. The Bertz CT molecular complexity index is 542. The molecular formula is C13H16N4O. The highest BCUT2D eigenvalue weighted by molar-refractivity contribution is 5.96. The van der Waals surface area contributed by atoms with Crippen LogP contribution in [-0.2, 0) is 6.42 Å². The van der Waals surface area contributed by atoms with E-state index in [2.05, 4.69) is 15.1 Å². The molecule has 5 nitrogen and oxygen atoms in total. The molecule has 0 bridgehead atoms. The van der Waals surface area contributed by atoms with Gasteiger partial charge in [0.15, 0.2) is 5.78 Å². The number of hydrogen-bond donors (Lipinski definition) is 0. The summed E-state index contributed by atoms with van der Waals surface area (Å²) in [6.45, 7) is 5.91. The van der Waals surface area contributed by atoms with Gasteiger partial charge in [-0.25, -0.2) is 9.67 Å². The number of aryl methyl sites for hydroxylation is 1. The number of hydrogen-bond acceptors (Lipinski definition) is 4. The maximum absolute atomic E-state index is 12.1. The topological polar surface area (TPSA) is 60.7 Å². The second kappa shape index (κ2) is 5.08. The van der Waals surface area contributed by atoms with Crippen molar-refractivity contribution in [2.24, 2.45) is 0 Å². The summed E-state index contributed by atoms with van der Waals surface area (Å²) in [7, 11) is 0. The van der Waals surface area contributed by atoms with E-state index in [1.54, 1.807) is 16.9 Å². The van der Waals surface area contributed by atoms with Crippen LogP contribution in [0.25, 0.3) is 0 Å². The molecule has 2 aromatic rings. The molecule has 0 amide bonds. The molecule has 0 radical (unpaired) electrons. The molecule has 0 unspecified atom stereocenters. The lowest BCUT2D eigenvalue weighted by molar-refractivity contribution is 0.0988. The Hall–Kier alpha value is -2.04. The van der Waals surface area contributed by atoms with Gasteiger partial charge in [0.2, 0.25) is 0 Å². The summed E-state index contributed by atoms with van der Waals surface area (Å²) in [6, 6.07) is 3.83. The monoisotopic (exact) mass is 244 g/mol. The molecule has 18 heavy (non-hydrogen) atoms. The van der Waals surface area contributed by atoms with Gasteiger partial charge in [0.05, 0.1) is 6.42 Å². The summed E-state index contributed by atoms with van der Waals surface area (Å²) in [4.78, 5) is 20.3. The van der Waals surface area contributed by atoms with Crippen LogP contribution in [0.3, 0.4) is 0 Å². The van der Waals surface area contributed by atoms with Gasteiger partial charge in [-0.3, -0.25) is 9.78 Å². The summed E-state index contributed by atoms with van der Waals surface area (Å²) < 4.78 is 1.76. The molecule has 2 rings (SSSR count). The molecule has 2 aromatic heterocycles. The largest absolute Gasteiger partial charge is 0.294 e. The molecule has 0 saturated carbocycles. The van der Waals surface area contributed by atoms with Crippen molar-refractivity contribution in [3.05, 3.63) is 41.7 Å². The van der Waals surface area contributed by atoms with Crippen molar-refractivity contribution in [2.45, 2.75) is 33.2 Å². The highest BCUT2D eigenvalue weighted by atomic mass is 16.1. The third kappa shape index (κ3) is 2.61. The first-order valence-electron chi connectivity index (χ1n) is 5.92. The maximum Gasteiger partial charge on any atom is 0.171 e. The number of carbonyl (C=O) groups is 1. The van der Waals surface area contributed by atoms with E-state index < -0.39 is 0 Å². The predicted octanol–water partition coefficient (Wildman–Crippen LogP) is 1.99. The lowest BCUT2D eigenvalue weighted by atomic mass is 10.1. The molecule has 0 aliphatic carbocycles. The van der Waals surface area contributed by atoms with Crippen LogP contribution in [0, 0.1) is 6.92 Å². The fraction of sp³-hybridized carbons (Fsp3) is 0.385. The first-order chi connectivity index (χ1) is 8.58. The Kier molecular flexibility index (Phi) is 3.50. The zero-order valence-electron chi connectivity index (χ0n) is 10.8. The van der Waals surface area contributed by atoms with Crippen LogP contribution in [-0.4, -0.2) is 25.5 Å². The molecule has 0 spiro atoms. The average Bonchev–Trinajstić information content (AvgIpc) is 2.78. The van der Waals surface area contributed by atoms with Crippen molar-refractivity contribution >= 4 is 5.78 Å². The van der Waals surface area contributed by atoms with E-state index in [9.17, 15) is 4.79 Å². The fourth-order valence-corrected chi connectivity index (χ4v) is 1.71. The summed E-state index contributed by atoms with van der Waals surface area (Å²) in [5.74, 6) is 0.702. The minimum absolute atomic E-state index is 0.0115. The number of pyridine rings is 1. The van der Waals surface area contributed by atoms with Crippen LogP contribution in [0.15, 0.2) is 24.7 Å². The first-order valence-corrected chi connectivity index (χ1v) is 5.92. The second-order valence-electron chi connectivity index (χ2n) is 4.50. The first kappa shape index (κ1) is 12.4. The van der Waals surface area contributed by atoms with Crippen LogP contribution < -0.4 is 0 Å². The van der Waals surface area contributed by atoms with E-state index >= 15 is 0 Å². The van der Waals surface area contributed by atoms with Gasteiger partial charge >= 0.3 is 0 Å². The van der Waals surface area contributed by atoms with Gasteiger partial charge in [0.1, 0.15) is 12.2 Å². The predicted molar refractivity (Wildman–Crippen MR) is 67.4 cm³/mol. The van der Waals surface area contributed by atoms with Crippen molar-refractivity contribution in [3.8, 4) is 0 Å². The van der Waals surface area contributed by atoms with Gasteiger partial charge in [-0.05, 0) is 32.9 Å². The Morgan fingerprint density at radius 2 is 2.11 bits per heavy atom. The number of aromatic nitrogens is 4. The van der Waals surface area contributed by atoms with Crippen LogP contribution >= 0.6 is 0 Å². The lowest BCUT2D eigenvalue weighted by Crippen LogP contribution is -2.13. The molecular weight excluding hydrogens is 228 g/mol. The molecule has 0 aromatic carbocycles. The van der Waals surface area contributed by atoms with Gasteiger partial charge in [-0.15, -0.1) is 0 Å². The Morgan fingerprint density at radius 1 is 1.33 bits per heavy atom. The van der Waals surface area contributed by atoms with Crippen molar-refractivity contribution in [3.63, 3.8) is 0 Å². The summed E-state index contributed by atoms with van der Waals surface area (Å²) >= 11 is 0. The van der Waals surface area contributed by atoms with E-state index in [-0.39, 0.29) is 18.2 Å². The molecule has 0 fully saturated rings. The Morgan fingerprint density at radius 3 is 2.72 bits per heavy atom. The van der Waals surface area contributed by atoms with Gasteiger partial charge in [0, 0.05) is 23.5 Å². The molecule has 0 N–H and O–H groups in total. The molecule has 5 heteroatoms. The molecule has 0 aliphatic rings. The van der Waals surface area contributed by atoms with Crippen LogP contribution in [0.1, 0.15) is 41.8 Å². The fourth-order valence-electron chi connectivity index (χ4n) is 1.71. The summed E-state index contributed by atoms with van der Waals surface area (Å²) in [5.41, 5.74) is 1.51. The normalized spacial score (nSPS) is 10.9. The number of rotatable bonds is 4. The summed E-state index contributed by atoms with van der Waals surface area (Å²) in [5, 5.41) is 4.11. The van der Waals surface area contributed by atoms with Crippen LogP contribution in [0.5, 0.6) is 0 Å². The van der Waals surface area contributed by atoms with Crippen molar-refractivity contribution in [1.29, 1.82) is 0 Å². The minimum Gasteiger partial charge on any atom is -0.294 e. The van der Waals surface area contributed by atoms with Gasteiger partial charge in [-0.1, -0.05) is 0 Å². The van der Waals surface area contributed by atoms with E-state index in [4.69, 9.17) is 0 Å². The number of nitrogens with zero attached hydrogens (tertiary/aromatic N) is 4. The Labute approximate surface area is 106 Å². The van der Waals surface area contributed by atoms with Crippen LogP contribution in [0.2, 0.25) is 0 Å². The minimum atomic E-state index is 0.0115. The van der Waals surface area contributed by atoms with E-state index in [0.29, 0.717) is 11.4 Å². The van der Waals surface area contributed by atoms with E-state index in [1.807, 2.05) is 26.8 Å². The molecule has 2 heterocycles. The highest BCUT2D eigenvalue weighted by Gasteiger charge is 2.13. The third-order valence-corrected chi connectivity index (χ3v) is 2.69. The van der Waals surface area contributed by atoms with Gasteiger partial charge in [-0.2, -0.15) is 5.10 Å². The SMILES string of the molecule is Cc1ccc(C(=O)Cc2ncnn2C(C)C)cn1.